The summed E-state index contributed by atoms with van der Waals surface area (Å²) in [5.41, 5.74) is 2.88. The number of hydrogen-bond acceptors (Lipinski definition) is 6. The van der Waals surface area contributed by atoms with Crippen molar-refractivity contribution < 1.29 is 14.3 Å². The number of hydrogen-bond donors (Lipinski definition) is 0. The van der Waals surface area contributed by atoms with Crippen molar-refractivity contribution >= 4 is 5.91 Å². The van der Waals surface area contributed by atoms with Gasteiger partial charge in [-0.1, -0.05) is 12.8 Å². The zero-order valence-electron chi connectivity index (χ0n) is 17.5. The Bertz CT molecular complexity index is 816. The molecule has 7 nitrogen and oxygen atoms in total. The third kappa shape index (κ3) is 5.55. The van der Waals surface area contributed by atoms with E-state index in [2.05, 4.69) is 20.9 Å². The Morgan fingerprint density at radius 3 is 2.57 bits per heavy atom. The topological polar surface area (TPSA) is 67.8 Å². The molecule has 7 heteroatoms. The third-order valence-corrected chi connectivity index (χ3v) is 5.73. The average molecular weight is 411 g/mol. The second-order valence-corrected chi connectivity index (χ2v) is 7.89. The van der Waals surface area contributed by atoms with Crippen molar-refractivity contribution in [3.63, 3.8) is 0 Å². The minimum absolute atomic E-state index is 0.0761. The maximum absolute atomic E-state index is 12.7. The number of carbonyl (C=O) groups is 1. The molecule has 2 saturated heterocycles. The minimum atomic E-state index is 0.0761. The highest BCUT2D eigenvalue weighted by atomic mass is 16.5. The van der Waals surface area contributed by atoms with E-state index in [0.717, 1.165) is 81.3 Å². The van der Waals surface area contributed by atoms with Gasteiger partial charge in [0.2, 0.25) is 0 Å². The Balaban J connectivity index is 1.49. The van der Waals surface area contributed by atoms with Crippen molar-refractivity contribution in [2.45, 2.75) is 32.2 Å². The Labute approximate surface area is 178 Å². The summed E-state index contributed by atoms with van der Waals surface area (Å²) in [6.07, 6.45) is 9.71. The van der Waals surface area contributed by atoms with Crippen molar-refractivity contribution in [3.8, 4) is 17.0 Å². The van der Waals surface area contributed by atoms with Gasteiger partial charge in [-0.2, -0.15) is 0 Å². The summed E-state index contributed by atoms with van der Waals surface area (Å²) in [7, 11) is 0. The summed E-state index contributed by atoms with van der Waals surface area (Å²) in [6.45, 7) is 5.79. The summed E-state index contributed by atoms with van der Waals surface area (Å²) in [4.78, 5) is 25.6. The van der Waals surface area contributed by atoms with Crippen molar-refractivity contribution in [1.29, 1.82) is 0 Å². The van der Waals surface area contributed by atoms with Crippen LogP contribution >= 0.6 is 0 Å². The minimum Gasteiger partial charge on any atom is -0.483 e. The van der Waals surface area contributed by atoms with Crippen LogP contribution in [0, 0.1) is 0 Å². The van der Waals surface area contributed by atoms with Crippen molar-refractivity contribution in [3.05, 3.63) is 42.4 Å². The van der Waals surface area contributed by atoms with Gasteiger partial charge in [0.25, 0.3) is 5.91 Å². The van der Waals surface area contributed by atoms with Crippen molar-refractivity contribution in [2.24, 2.45) is 0 Å². The second kappa shape index (κ2) is 10.5. The molecule has 0 atom stereocenters. The van der Waals surface area contributed by atoms with Crippen LogP contribution in [0.15, 0.2) is 36.8 Å². The van der Waals surface area contributed by atoms with Crippen LogP contribution in [-0.2, 0) is 16.1 Å². The number of morpholine rings is 1. The lowest BCUT2D eigenvalue weighted by atomic mass is 10.1. The van der Waals surface area contributed by atoms with Gasteiger partial charge in [0.05, 0.1) is 25.1 Å². The maximum Gasteiger partial charge on any atom is 0.260 e. The molecule has 0 bridgehead atoms. The number of amides is 1. The van der Waals surface area contributed by atoms with E-state index in [9.17, 15) is 4.79 Å². The lowest BCUT2D eigenvalue weighted by Crippen LogP contribution is -2.36. The predicted octanol–water partition coefficient (Wildman–Crippen LogP) is 2.76. The zero-order chi connectivity index (χ0) is 20.6. The fraction of sp³-hybridized carbons (Fsp3) is 0.522. The summed E-state index contributed by atoms with van der Waals surface area (Å²) < 4.78 is 11.5. The Morgan fingerprint density at radius 2 is 1.83 bits per heavy atom. The second-order valence-electron chi connectivity index (χ2n) is 7.89. The van der Waals surface area contributed by atoms with Crippen molar-refractivity contribution in [2.75, 3.05) is 46.0 Å². The van der Waals surface area contributed by atoms with Gasteiger partial charge in [0.15, 0.2) is 6.61 Å². The molecule has 30 heavy (non-hydrogen) atoms. The van der Waals surface area contributed by atoms with Gasteiger partial charge in [-0.05, 0) is 31.0 Å². The number of rotatable bonds is 6. The van der Waals surface area contributed by atoms with E-state index in [1.54, 1.807) is 18.6 Å². The molecule has 1 aromatic heterocycles. The first-order chi connectivity index (χ1) is 14.8. The summed E-state index contributed by atoms with van der Waals surface area (Å²) >= 11 is 0. The van der Waals surface area contributed by atoms with Crippen LogP contribution in [-0.4, -0.2) is 71.7 Å². The molecule has 160 valence electrons. The lowest BCUT2D eigenvalue weighted by molar-refractivity contribution is -0.133. The van der Waals surface area contributed by atoms with Crippen LogP contribution in [0.25, 0.3) is 11.3 Å². The molecule has 2 aliphatic rings. The standard InChI is InChI=1S/C23H30N4O3/c28-23(27-9-3-1-2-4-10-27)18-30-22-6-5-19(21-16-24-7-8-25-21)15-20(22)17-26-11-13-29-14-12-26/h5-8,15-16H,1-4,9-14,17-18H2. The molecule has 0 unspecified atom stereocenters. The van der Waals surface area contributed by atoms with Crippen LogP contribution in [0.3, 0.4) is 0 Å². The van der Waals surface area contributed by atoms with Crippen LogP contribution in [0.4, 0.5) is 0 Å². The molecule has 0 saturated carbocycles. The molecule has 0 spiro atoms. The first-order valence-electron chi connectivity index (χ1n) is 10.9. The molecule has 0 aliphatic carbocycles. The number of nitrogens with zero attached hydrogens (tertiary/aromatic N) is 4. The van der Waals surface area contributed by atoms with E-state index in [-0.39, 0.29) is 12.5 Å². The number of likely N-dealkylation sites (tertiary alicyclic amines) is 1. The van der Waals surface area contributed by atoms with Gasteiger partial charge in [0, 0.05) is 56.2 Å². The SMILES string of the molecule is O=C(COc1ccc(-c2cnccn2)cc1CN1CCOCC1)N1CCCCCC1. The smallest absolute Gasteiger partial charge is 0.260 e. The molecule has 4 rings (SSSR count). The first kappa shape index (κ1) is 20.8. The molecular weight excluding hydrogens is 380 g/mol. The van der Waals surface area contributed by atoms with E-state index in [0.29, 0.717) is 0 Å². The monoisotopic (exact) mass is 410 g/mol. The third-order valence-electron chi connectivity index (χ3n) is 5.73. The maximum atomic E-state index is 12.7. The summed E-state index contributed by atoms with van der Waals surface area (Å²) in [5.74, 6) is 0.838. The van der Waals surface area contributed by atoms with E-state index < -0.39 is 0 Å². The quantitative estimate of drug-likeness (QED) is 0.730. The molecule has 1 amide bonds. The summed E-state index contributed by atoms with van der Waals surface area (Å²) in [6, 6.07) is 6.04. The number of ether oxygens (including phenoxy) is 2. The van der Waals surface area contributed by atoms with E-state index >= 15 is 0 Å². The van der Waals surface area contributed by atoms with Gasteiger partial charge in [0.1, 0.15) is 5.75 Å². The molecule has 2 aliphatic heterocycles. The lowest BCUT2D eigenvalue weighted by Gasteiger charge is -2.27. The molecule has 1 aromatic carbocycles. The Morgan fingerprint density at radius 1 is 1.03 bits per heavy atom. The van der Waals surface area contributed by atoms with Crippen LogP contribution in [0.1, 0.15) is 31.2 Å². The predicted molar refractivity (Wildman–Crippen MR) is 114 cm³/mol. The Hall–Kier alpha value is -2.51. The normalized spacial score (nSPS) is 18.1. The zero-order valence-corrected chi connectivity index (χ0v) is 17.5. The highest BCUT2D eigenvalue weighted by molar-refractivity contribution is 5.78. The van der Waals surface area contributed by atoms with Crippen LogP contribution in [0.2, 0.25) is 0 Å². The molecule has 2 fully saturated rings. The van der Waals surface area contributed by atoms with Gasteiger partial charge in [-0.25, -0.2) is 0 Å². The fourth-order valence-corrected chi connectivity index (χ4v) is 4.00. The first-order valence-corrected chi connectivity index (χ1v) is 10.9. The fourth-order valence-electron chi connectivity index (χ4n) is 4.00. The van der Waals surface area contributed by atoms with E-state index in [1.807, 2.05) is 17.0 Å². The number of carbonyl (C=O) groups excluding carboxylic acids is 1. The van der Waals surface area contributed by atoms with Crippen LogP contribution < -0.4 is 4.74 Å². The summed E-state index contributed by atoms with van der Waals surface area (Å²) in [5, 5.41) is 0. The molecule has 3 heterocycles. The van der Waals surface area contributed by atoms with Gasteiger partial charge >= 0.3 is 0 Å². The number of aromatic nitrogens is 2. The highest BCUT2D eigenvalue weighted by Crippen LogP contribution is 2.27. The van der Waals surface area contributed by atoms with E-state index in [1.165, 1.54) is 12.8 Å². The van der Waals surface area contributed by atoms with E-state index in [4.69, 9.17) is 9.47 Å². The van der Waals surface area contributed by atoms with Gasteiger partial charge < -0.3 is 14.4 Å². The largest absolute Gasteiger partial charge is 0.483 e. The molecule has 2 aromatic rings. The van der Waals surface area contributed by atoms with Gasteiger partial charge in [-0.15, -0.1) is 0 Å². The number of benzene rings is 1. The molecule has 0 N–H and O–H groups in total. The average Bonchev–Trinajstić information content (AvgIpc) is 3.09. The van der Waals surface area contributed by atoms with Crippen LogP contribution in [0.5, 0.6) is 5.75 Å². The van der Waals surface area contributed by atoms with Crippen molar-refractivity contribution in [1.82, 2.24) is 19.8 Å². The highest BCUT2D eigenvalue weighted by Gasteiger charge is 2.18. The Kier molecular flexibility index (Phi) is 7.26. The molecule has 0 radical (unpaired) electrons. The molecular formula is C23H30N4O3. The van der Waals surface area contributed by atoms with Gasteiger partial charge in [-0.3, -0.25) is 19.7 Å².